The van der Waals surface area contributed by atoms with E-state index < -0.39 is 0 Å². The Balaban J connectivity index is 2.57. The van der Waals surface area contributed by atoms with Crippen molar-refractivity contribution in [1.29, 1.82) is 0 Å². The second kappa shape index (κ2) is 4.96. The molecule has 0 saturated heterocycles. The summed E-state index contributed by atoms with van der Waals surface area (Å²) in [6.45, 7) is 5.36. The zero-order valence-electron chi connectivity index (χ0n) is 9.33. The standard InChI is InChI=1S/C11H16O4/c1-4-14-11(13)10-6-9(5-7(2)12)15-8(10)3/h9H,4-6H2,1-3H3. The van der Waals surface area contributed by atoms with E-state index in [2.05, 4.69) is 0 Å². The van der Waals surface area contributed by atoms with Gasteiger partial charge in [-0.25, -0.2) is 4.79 Å². The molecule has 1 aliphatic heterocycles. The van der Waals surface area contributed by atoms with E-state index in [1.807, 2.05) is 0 Å². The van der Waals surface area contributed by atoms with Gasteiger partial charge < -0.3 is 9.47 Å². The number of carbonyl (C=O) groups excluding carboxylic acids is 2. The number of ether oxygens (including phenoxy) is 2. The normalized spacial score (nSPS) is 20.1. The van der Waals surface area contributed by atoms with Crippen LogP contribution in [0, 0.1) is 0 Å². The molecule has 0 amide bonds. The van der Waals surface area contributed by atoms with E-state index in [0.717, 1.165) is 0 Å². The van der Waals surface area contributed by atoms with Crippen LogP contribution in [0.4, 0.5) is 0 Å². The third-order valence-corrected chi connectivity index (χ3v) is 2.24. The van der Waals surface area contributed by atoms with Gasteiger partial charge in [-0.2, -0.15) is 0 Å². The summed E-state index contributed by atoms with van der Waals surface area (Å²) in [7, 11) is 0. The lowest BCUT2D eigenvalue weighted by molar-refractivity contribution is -0.138. The van der Waals surface area contributed by atoms with Crippen LogP contribution in [0.3, 0.4) is 0 Å². The molecule has 0 aromatic heterocycles. The fraction of sp³-hybridized carbons (Fsp3) is 0.636. The monoisotopic (exact) mass is 212 g/mol. The van der Waals surface area contributed by atoms with Crippen LogP contribution < -0.4 is 0 Å². The minimum atomic E-state index is -0.332. The second-order valence-electron chi connectivity index (χ2n) is 3.61. The molecule has 0 spiro atoms. The molecule has 0 aliphatic carbocycles. The quantitative estimate of drug-likeness (QED) is 0.664. The number of ketones is 1. The average Bonchev–Trinajstić information content (AvgIpc) is 2.46. The van der Waals surface area contributed by atoms with Crippen molar-refractivity contribution in [3.8, 4) is 0 Å². The van der Waals surface area contributed by atoms with Crippen molar-refractivity contribution in [2.45, 2.75) is 39.7 Å². The highest BCUT2D eigenvalue weighted by Crippen LogP contribution is 2.27. The number of Topliss-reactive ketones (excluding diaryl/α,β-unsaturated/α-hetero) is 1. The topological polar surface area (TPSA) is 52.6 Å². The van der Waals surface area contributed by atoms with E-state index in [-0.39, 0.29) is 17.9 Å². The molecule has 0 aromatic rings. The third kappa shape index (κ3) is 3.08. The molecule has 0 fully saturated rings. The van der Waals surface area contributed by atoms with Crippen LogP contribution in [0.15, 0.2) is 11.3 Å². The summed E-state index contributed by atoms with van der Waals surface area (Å²) in [6.07, 6.45) is 0.631. The van der Waals surface area contributed by atoms with Gasteiger partial charge >= 0.3 is 5.97 Å². The van der Waals surface area contributed by atoms with Crippen molar-refractivity contribution in [2.75, 3.05) is 6.61 Å². The Labute approximate surface area is 89.2 Å². The van der Waals surface area contributed by atoms with Crippen molar-refractivity contribution >= 4 is 11.8 Å². The number of hydrogen-bond acceptors (Lipinski definition) is 4. The van der Waals surface area contributed by atoms with Gasteiger partial charge in [0.1, 0.15) is 17.6 Å². The molecule has 1 atom stereocenters. The van der Waals surface area contributed by atoms with E-state index in [4.69, 9.17) is 9.47 Å². The highest BCUT2D eigenvalue weighted by atomic mass is 16.5. The fourth-order valence-corrected chi connectivity index (χ4v) is 1.61. The van der Waals surface area contributed by atoms with Gasteiger partial charge in [0, 0.05) is 12.8 Å². The van der Waals surface area contributed by atoms with Crippen LogP contribution >= 0.6 is 0 Å². The predicted octanol–water partition coefficient (Wildman–Crippen LogP) is 1.59. The largest absolute Gasteiger partial charge is 0.494 e. The highest BCUT2D eigenvalue weighted by molar-refractivity contribution is 5.89. The van der Waals surface area contributed by atoms with Gasteiger partial charge in [0.15, 0.2) is 0 Å². The average molecular weight is 212 g/mol. The molecule has 1 aliphatic rings. The van der Waals surface area contributed by atoms with E-state index in [9.17, 15) is 9.59 Å². The van der Waals surface area contributed by atoms with Crippen LogP contribution in [0.5, 0.6) is 0 Å². The van der Waals surface area contributed by atoms with Crippen LogP contribution in [-0.2, 0) is 19.1 Å². The minimum absolute atomic E-state index is 0.0675. The maximum atomic E-state index is 11.4. The van der Waals surface area contributed by atoms with Crippen LogP contribution in [0.2, 0.25) is 0 Å². The summed E-state index contributed by atoms with van der Waals surface area (Å²) in [5.74, 6) is 0.318. The molecule has 1 unspecified atom stereocenters. The maximum Gasteiger partial charge on any atom is 0.337 e. The van der Waals surface area contributed by atoms with Crippen LogP contribution in [-0.4, -0.2) is 24.5 Å². The zero-order valence-corrected chi connectivity index (χ0v) is 9.33. The molecule has 0 saturated carbocycles. The van der Waals surface area contributed by atoms with E-state index >= 15 is 0 Å². The Morgan fingerprint density at radius 2 is 2.20 bits per heavy atom. The van der Waals surface area contributed by atoms with Gasteiger partial charge in [-0.1, -0.05) is 0 Å². The molecule has 1 rings (SSSR count). The molecule has 0 aromatic carbocycles. The van der Waals surface area contributed by atoms with Gasteiger partial charge in [0.2, 0.25) is 0 Å². The molecule has 4 heteroatoms. The van der Waals surface area contributed by atoms with Crippen molar-refractivity contribution < 1.29 is 19.1 Å². The number of allylic oxidation sites excluding steroid dienone is 1. The fourth-order valence-electron chi connectivity index (χ4n) is 1.61. The summed E-state index contributed by atoms with van der Waals surface area (Å²) in [5.41, 5.74) is 0.558. The summed E-state index contributed by atoms with van der Waals surface area (Å²) in [6, 6.07) is 0. The number of hydrogen-bond donors (Lipinski definition) is 0. The Bertz CT molecular complexity index is 304. The SMILES string of the molecule is CCOC(=O)C1=C(C)OC(CC(C)=O)C1. The van der Waals surface area contributed by atoms with E-state index in [0.29, 0.717) is 30.8 Å². The molecule has 0 bridgehead atoms. The summed E-state index contributed by atoms with van der Waals surface area (Å²) in [5, 5.41) is 0. The Morgan fingerprint density at radius 1 is 1.53 bits per heavy atom. The molecule has 0 radical (unpaired) electrons. The van der Waals surface area contributed by atoms with Gasteiger partial charge in [0.25, 0.3) is 0 Å². The second-order valence-corrected chi connectivity index (χ2v) is 3.61. The van der Waals surface area contributed by atoms with Crippen LogP contribution in [0.25, 0.3) is 0 Å². The molecular weight excluding hydrogens is 196 g/mol. The number of esters is 1. The lowest BCUT2D eigenvalue weighted by atomic mass is 10.1. The lowest BCUT2D eigenvalue weighted by Gasteiger charge is -2.08. The van der Waals surface area contributed by atoms with Crippen molar-refractivity contribution in [3.63, 3.8) is 0 Å². The van der Waals surface area contributed by atoms with E-state index in [1.54, 1.807) is 13.8 Å². The van der Waals surface area contributed by atoms with Gasteiger partial charge in [-0.15, -0.1) is 0 Å². The molecule has 1 heterocycles. The van der Waals surface area contributed by atoms with Crippen LogP contribution in [0.1, 0.15) is 33.6 Å². The number of carbonyl (C=O) groups is 2. The first-order chi connectivity index (χ1) is 7.04. The summed E-state index contributed by atoms with van der Waals surface area (Å²) in [4.78, 5) is 22.3. The van der Waals surface area contributed by atoms with Crippen molar-refractivity contribution in [1.82, 2.24) is 0 Å². The van der Waals surface area contributed by atoms with Gasteiger partial charge in [0.05, 0.1) is 12.2 Å². The molecular formula is C11H16O4. The highest BCUT2D eigenvalue weighted by Gasteiger charge is 2.29. The summed E-state index contributed by atoms with van der Waals surface area (Å²) < 4.78 is 10.3. The third-order valence-electron chi connectivity index (χ3n) is 2.24. The first-order valence-corrected chi connectivity index (χ1v) is 5.07. The predicted molar refractivity (Wildman–Crippen MR) is 54.1 cm³/mol. The first kappa shape index (κ1) is 11.8. The van der Waals surface area contributed by atoms with Crippen molar-refractivity contribution in [3.05, 3.63) is 11.3 Å². The smallest absolute Gasteiger partial charge is 0.337 e. The zero-order chi connectivity index (χ0) is 11.4. The molecule has 4 nitrogen and oxygen atoms in total. The lowest BCUT2D eigenvalue weighted by Crippen LogP contribution is -2.12. The molecule has 15 heavy (non-hydrogen) atoms. The van der Waals surface area contributed by atoms with Gasteiger partial charge in [-0.05, 0) is 20.8 Å². The summed E-state index contributed by atoms with van der Waals surface area (Å²) >= 11 is 0. The minimum Gasteiger partial charge on any atom is -0.494 e. The Hall–Kier alpha value is -1.32. The van der Waals surface area contributed by atoms with Gasteiger partial charge in [-0.3, -0.25) is 4.79 Å². The first-order valence-electron chi connectivity index (χ1n) is 5.07. The van der Waals surface area contributed by atoms with Crippen molar-refractivity contribution in [2.24, 2.45) is 0 Å². The molecule has 84 valence electrons. The Kier molecular flexibility index (Phi) is 3.88. The number of rotatable bonds is 4. The van der Waals surface area contributed by atoms with E-state index in [1.165, 1.54) is 6.92 Å². The Morgan fingerprint density at radius 3 is 2.73 bits per heavy atom. The molecule has 0 N–H and O–H groups in total. The maximum absolute atomic E-state index is 11.4.